The third-order valence-corrected chi connectivity index (χ3v) is 15.0. The molecule has 4 rings (SSSR count). The van der Waals surface area contributed by atoms with Crippen LogP contribution in [-0.2, 0) is 0 Å². The van der Waals surface area contributed by atoms with Crippen LogP contribution in [0.25, 0.3) is 0 Å². The van der Waals surface area contributed by atoms with Crippen molar-refractivity contribution in [2.45, 2.75) is 233 Å². The summed E-state index contributed by atoms with van der Waals surface area (Å²) in [6.45, 7) is 11.8. The zero-order valence-electron chi connectivity index (χ0n) is 47.9. The van der Waals surface area contributed by atoms with E-state index in [9.17, 15) is 14.4 Å². The van der Waals surface area contributed by atoms with Gasteiger partial charge < -0.3 is 28.9 Å². The Hall–Kier alpha value is -4.53. The molecule has 420 valence electrons. The highest BCUT2D eigenvalue weighted by Crippen LogP contribution is 2.21. The summed E-state index contributed by atoms with van der Waals surface area (Å²) in [6.07, 6.45) is 40.4. The van der Waals surface area contributed by atoms with Crippen LogP contribution in [0.4, 0.5) is 0 Å². The van der Waals surface area contributed by atoms with Crippen molar-refractivity contribution in [1.29, 1.82) is 0 Å². The van der Waals surface area contributed by atoms with E-state index in [1.54, 1.807) is 0 Å². The van der Waals surface area contributed by atoms with E-state index in [2.05, 4.69) is 20.8 Å². The van der Waals surface area contributed by atoms with Gasteiger partial charge in [-0.25, -0.2) is 0 Å². The Morgan fingerprint density at radius 1 is 0.293 bits per heavy atom. The van der Waals surface area contributed by atoms with Gasteiger partial charge >= 0.3 is 0 Å². The molecule has 0 aliphatic carbocycles. The van der Waals surface area contributed by atoms with Gasteiger partial charge in [0, 0.05) is 56.0 Å². The van der Waals surface area contributed by atoms with Gasteiger partial charge in [-0.1, -0.05) is 194 Å². The van der Waals surface area contributed by atoms with Crippen molar-refractivity contribution < 1.29 is 28.6 Å². The van der Waals surface area contributed by atoms with Crippen molar-refractivity contribution in [3.63, 3.8) is 0 Å². The highest BCUT2D eigenvalue weighted by Gasteiger charge is 2.23. The minimum absolute atomic E-state index is 0.0501. The number of ether oxygens (including phenoxy) is 3. The van der Waals surface area contributed by atoms with Crippen LogP contribution in [0, 0.1) is 0 Å². The first-order valence-electron chi connectivity index (χ1n) is 31.0. The van der Waals surface area contributed by atoms with E-state index >= 15 is 0 Å². The number of nitrogens with zero attached hydrogens (tertiary/aromatic N) is 3. The molecule has 1 saturated heterocycles. The van der Waals surface area contributed by atoms with Gasteiger partial charge in [-0.05, 0) is 111 Å². The Kier molecular flexibility index (Phi) is 35.0. The predicted molar refractivity (Wildman–Crippen MR) is 313 cm³/mol. The second-order valence-corrected chi connectivity index (χ2v) is 21.6. The highest BCUT2D eigenvalue weighted by molar-refractivity contribution is 5.95. The number of amides is 3. The lowest BCUT2D eigenvalue weighted by Gasteiger charge is -2.30. The molecule has 1 aliphatic rings. The van der Waals surface area contributed by atoms with Gasteiger partial charge in [-0.15, -0.1) is 0 Å². The molecular formula is C66H105N3O6. The topological polar surface area (TPSA) is 88.6 Å². The molecule has 0 aromatic heterocycles. The molecule has 1 heterocycles. The fourth-order valence-electron chi connectivity index (χ4n) is 10.3. The molecule has 3 aromatic rings. The van der Waals surface area contributed by atoms with Gasteiger partial charge in [0.15, 0.2) is 0 Å². The molecule has 9 nitrogen and oxygen atoms in total. The standard InChI is InChI=1S/C66H105N3O6/c1-4-7-10-13-16-19-22-25-28-31-55-73-61-43-37-58(38-44-61)64(70)67-49-34-51-68(65(71)59-39-45-62(46-40-59)74-56-32-29-26-23-20-17-14-11-8-5-2)53-36-54-69(52-35-50-67)66(72)60-41-47-63(48-42-60)75-57-33-30-27-24-21-18-15-12-9-6-3/h37-48H,4-36,49-57H2,1-3H3. The van der Waals surface area contributed by atoms with Crippen molar-refractivity contribution in [1.82, 2.24) is 14.7 Å². The zero-order valence-corrected chi connectivity index (χ0v) is 47.9. The Labute approximate surface area is 457 Å². The first-order valence-corrected chi connectivity index (χ1v) is 31.0. The number of carbonyl (C=O) groups excluding carboxylic acids is 3. The van der Waals surface area contributed by atoms with Gasteiger partial charge in [0.1, 0.15) is 17.2 Å². The fourth-order valence-corrected chi connectivity index (χ4v) is 10.3. The Morgan fingerprint density at radius 2 is 0.480 bits per heavy atom. The maximum Gasteiger partial charge on any atom is 0.253 e. The summed E-state index contributed by atoms with van der Waals surface area (Å²) < 4.78 is 18.3. The van der Waals surface area contributed by atoms with Gasteiger partial charge in [-0.2, -0.15) is 0 Å². The molecular weight excluding hydrogens is 931 g/mol. The third-order valence-electron chi connectivity index (χ3n) is 15.0. The average molecular weight is 1040 g/mol. The molecule has 0 N–H and O–H groups in total. The molecule has 0 saturated carbocycles. The minimum atomic E-state index is -0.0501. The number of carbonyl (C=O) groups is 3. The summed E-state index contributed by atoms with van der Waals surface area (Å²) in [7, 11) is 0. The van der Waals surface area contributed by atoms with Crippen molar-refractivity contribution in [3.05, 3.63) is 89.5 Å². The predicted octanol–water partition coefficient (Wildman–Crippen LogP) is 17.5. The molecule has 0 bridgehead atoms. The lowest BCUT2D eigenvalue weighted by molar-refractivity contribution is 0.0666. The molecule has 9 heteroatoms. The molecule has 75 heavy (non-hydrogen) atoms. The van der Waals surface area contributed by atoms with Crippen LogP contribution >= 0.6 is 0 Å². The third kappa shape index (κ3) is 27.9. The van der Waals surface area contributed by atoms with E-state index in [4.69, 9.17) is 14.2 Å². The van der Waals surface area contributed by atoms with E-state index in [0.717, 1.165) is 36.5 Å². The van der Waals surface area contributed by atoms with Crippen molar-refractivity contribution >= 4 is 17.7 Å². The van der Waals surface area contributed by atoms with Crippen molar-refractivity contribution in [2.75, 3.05) is 59.1 Å². The number of hydrogen-bond acceptors (Lipinski definition) is 6. The van der Waals surface area contributed by atoms with Crippen LogP contribution in [-0.4, -0.2) is 91.5 Å². The lowest BCUT2D eigenvalue weighted by Crippen LogP contribution is -2.41. The summed E-state index contributed by atoms with van der Waals surface area (Å²) in [6, 6.07) is 22.6. The van der Waals surface area contributed by atoms with Gasteiger partial charge in [0.2, 0.25) is 0 Å². The molecule has 0 atom stereocenters. The van der Waals surface area contributed by atoms with Crippen LogP contribution in [0.5, 0.6) is 17.2 Å². The average Bonchev–Trinajstić information content (AvgIpc) is 3.43. The quantitative estimate of drug-likeness (QED) is 0.0529. The lowest BCUT2D eigenvalue weighted by atomic mass is 10.1. The number of hydrogen-bond donors (Lipinski definition) is 0. The highest BCUT2D eigenvalue weighted by atomic mass is 16.5. The number of benzene rings is 3. The zero-order chi connectivity index (χ0) is 53.2. The second kappa shape index (κ2) is 41.6. The first-order chi connectivity index (χ1) is 36.9. The van der Waals surface area contributed by atoms with Crippen LogP contribution < -0.4 is 14.2 Å². The maximum absolute atomic E-state index is 14.2. The second-order valence-electron chi connectivity index (χ2n) is 21.6. The van der Waals surface area contributed by atoms with E-state index in [1.807, 2.05) is 87.5 Å². The summed E-state index contributed by atoms with van der Waals surface area (Å²) in [5.74, 6) is 2.19. The van der Waals surface area contributed by atoms with E-state index in [1.165, 1.54) is 173 Å². The first kappa shape index (κ1) is 63.0. The Balaban J connectivity index is 1.32. The van der Waals surface area contributed by atoms with E-state index < -0.39 is 0 Å². The van der Waals surface area contributed by atoms with Crippen LogP contribution in [0.1, 0.15) is 264 Å². The molecule has 0 unspecified atom stereocenters. The summed E-state index contributed by atoms with van der Waals surface area (Å²) in [5.41, 5.74) is 1.83. The summed E-state index contributed by atoms with van der Waals surface area (Å²) >= 11 is 0. The molecule has 0 radical (unpaired) electrons. The van der Waals surface area contributed by atoms with Gasteiger partial charge in [-0.3, -0.25) is 14.4 Å². The minimum Gasteiger partial charge on any atom is -0.494 e. The molecule has 0 spiro atoms. The van der Waals surface area contributed by atoms with E-state index in [0.29, 0.717) is 95.0 Å². The largest absolute Gasteiger partial charge is 0.494 e. The monoisotopic (exact) mass is 1040 g/mol. The maximum atomic E-state index is 14.2. The SMILES string of the molecule is CCCCCCCCCCCCOc1ccc(C(=O)N2CCCN(C(=O)c3ccc(OCCCCCCCCCCCC)cc3)CCCN(C(=O)c3ccc(OCCCCCCCCCCCC)cc3)CCC2)cc1. The Bertz CT molecular complexity index is 1660. The molecule has 3 amide bonds. The Morgan fingerprint density at radius 3 is 0.680 bits per heavy atom. The molecule has 3 aromatic carbocycles. The number of unbranched alkanes of at least 4 members (excludes halogenated alkanes) is 27. The number of rotatable bonds is 39. The molecule has 1 aliphatic heterocycles. The summed E-state index contributed by atoms with van der Waals surface area (Å²) in [4.78, 5) is 48.3. The van der Waals surface area contributed by atoms with Gasteiger partial charge in [0.05, 0.1) is 19.8 Å². The molecule has 1 fully saturated rings. The normalized spacial score (nSPS) is 13.6. The smallest absolute Gasteiger partial charge is 0.253 e. The summed E-state index contributed by atoms with van der Waals surface area (Å²) in [5, 5.41) is 0. The van der Waals surface area contributed by atoms with Crippen molar-refractivity contribution in [2.24, 2.45) is 0 Å². The fraction of sp³-hybridized carbons (Fsp3) is 0.682. The van der Waals surface area contributed by atoms with Crippen LogP contribution in [0.2, 0.25) is 0 Å². The van der Waals surface area contributed by atoms with Crippen LogP contribution in [0.15, 0.2) is 72.8 Å². The van der Waals surface area contributed by atoms with E-state index in [-0.39, 0.29) is 17.7 Å². The van der Waals surface area contributed by atoms with Crippen molar-refractivity contribution in [3.8, 4) is 17.2 Å². The van der Waals surface area contributed by atoms with Crippen LogP contribution in [0.3, 0.4) is 0 Å². The van der Waals surface area contributed by atoms with Gasteiger partial charge in [0.25, 0.3) is 17.7 Å².